The molecule has 4 nitrogen and oxygen atoms in total. The average molecular weight is 384 g/mol. The summed E-state index contributed by atoms with van der Waals surface area (Å²) in [6, 6.07) is 12.6. The molecule has 0 saturated carbocycles. The normalized spacial score (nSPS) is 19.0. The number of fused-ring (bicyclic) bond motifs is 3. The van der Waals surface area contributed by atoms with Crippen LogP contribution >= 0.6 is 11.6 Å². The van der Waals surface area contributed by atoms with Gasteiger partial charge in [0.1, 0.15) is 0 Å². The van der Waals surface area contributed by atoms with Gasteiger partial charge in [-0.1, -0.05) is 30.7 Å². The van der Waals surface area contributed by atoms with Gasteiger partial charge in [0.05, 0.1) is 5.92 Å². The number of amides is 1. The van der Waals surface area contributed by atoms with Crippen molar-refractivity contribution in [2.45, 2.75) is 38.6 Å². The molecular formula is C22H26ClN3O. The van der Waals surface area contributed by atoms with Crippen LogP contribution in [0.5, 0.6) is 0 Å². The van der Waals surface area contributed by atoms with Gasteiger partial charge in [-0.3, -0.25) is 9.69 Å². The third-order valence-corrected chi connectivity index (χ3v) is 6.13. The lowest BCUT2D eigenvalue weighted by molar-refractivity contribution is -0.122. The number of aromatic nitrogens is 1. The van der Waals surface area contributed by atoms with Gasteiger partial charge in [0, 0.05) is 39.4 Å². The minimum absolute atomic E-state index is 0.0939. The molecule has 1 aromatic heterocycles. The van der Waals surface area contributed by atoms with Crippen molar-refractivity contribution in [3.8, 4) is 0 Å². The van der Waals surface area contributed by atoms with E-state index in [0.717, 1.165) is 52.0 Å². The Morgan fingerprint density at radius 3 is 2.93 bits per heavy atom. The number of carbonyl (C=O) groups is 1. The van der Waals surface area contributed by atoms with Gasteiger partial charge in [-0.05, 0) is 62.7 Å². The Morgan fingerprint density at radius 2 is 2.11 bits per heavy atom. The summed E-state index contributed by atoms with van der Waals surface area (Å²) in [5.74, 6) is -0.0858. The topological polar surface area (TPSA) is 48.1 Å². The second-order valence-corrected chi connectivity index (χ2v) is 7.95. The summed E-state index contributed by atoms with van der Waals surface area (Å²) >= 11 is 6.14. The first-order valence-corrected chi connectivity index (χ1v) is 10.2. The summed E-state index contributed by atoms with van der Waals surface area (Å²) in [5.41, 5.74) is 3.12. The van der Waals surface area contributed by atoms with Crippen LogP contribution in [0.15, 0.2) is 36.4 Å². The van der Waals surface area contributed by atoms with Crippen LogP contribution in [0.4, 0.5) is 0 Å². The van der Waals surface area contributed by atoms with E-state index < -0.39 is 0 Å². The Balaban J connectivity index is 1.50. The first-order chi connectivity index (χ1) is 13.1. The van der Waals surface area contributed by atoms with Gasteiger partial charge in [0.15, 0.2) is 0 Å². The number of H-pyrrole nitrogens is 1. The SMILES string of the molecule is CCN1CCC[C@H]1CNC(=O)[C@H](C)c1ccc2c(c1)[nH]c1ccc(Cl)cc12. The van der Waals surface area contributed by atoms with E-state index in [1.165, 1.54) is 12.8 Å². The molecule has 1 aliphatic rings. The maximum Gasteiger partial charge on any atom is 0.227 e. The standard InChI is InChI=1S/C22H26ClN3O/c1-3-26-10-4-5-17(26)13-24-22(27)14(2)15-6-8-18-19-12-16(23)7-9-20(19)25-21(18)11-15/h6-9,11-12,14,17,25H,3-5,10,13H2,1-2H3,(H,24,27)/t14-,17+/m1/s1. The molecule has 4 rings (SSSR count). The fraction of sp³-hybridized carbons (Fsp3) is 0.409. The van der Waals surface area contributed by atoms with E-state index in [0.29, 0.717) is 6.04 Å². The Labute approximate surface area is 164 Å². The average Bonchev–Trinajstić information content (AvgIpc) is 3.28. The van der Waals surface area contributed by atoms with Crippen LogP contribution in [0.25, 0.3) is 21.8 Å². The lowest BCUT2D eigenvalue weighted by Gasteiger charge is -2.23. The fourth-order valence-electron chi connectivity index (χ4n) is 4.23. The molecule has 1 aliphatic heterocycles. The van der Waals surface area contributed by atoms with E-state index in [4.69, 9.17) is 11.6 Å². The molecule has 2 atom stereocenters. The number of likely N-dealkylation sites (tertiary alicyclic amines) is 1. The predicted molar refractivity (Wildman–Crippen MR) is 113 cm³/mol. The van der Waals surface area contributed by atoms with Crippen molar-refractivity contribution in [3.63, 3.8) is 0 Å². The Bertz CT molecular complexity index is 980. The molecule has 1 amide bonds. The van der Waals surface area contributed by atoms with Gasteiger partial charge in [-0.15, -0.1) is 0 Å². The van der Waals surface area contributed by atoms with Crippen molar-refractivity contribution in [3.05, 3.63) is 47.0 Å². The zero-order chi connectivity index (χ0) is 19.0. The van der Waals surface area contributed by atoms with Crippen LogP contribution in [0, 0.1) is 0 Å². The largest absolute Gasteiger partial charge is 0.355 e. The zero-order valence-electron chi connectivity index (χ0n) is 15.9. The summed E-state index contributed by atoms with van der Waals surface area (Å²) < 4.78 is 0. The van der Waals surface area contributed by atoms with Crippen molar-refractivity contribution >= 4 is 39.3 Å². The second-order valence-electron chi connectivity index (χ2n) is 7.51. The summed E-state index contributed by atoms with van der Waals surface area (Å²) in [4.78, 5) is 18.6. The molecule has 1 saturated heterocycles. The predicted octanol–water partition coefficient (Wildman–Crippen LogP) is 4.68. The van der Waals surface area contributed by atoms with Crippen LogP contribution in [0.2, 0.25) is 5.02 Å². The number of nitrogens with zero attached hydrogens (tertiary/aromatic N) is 1. The Hall–Kier alpha value is -2.04. The number of carbonyl (C=O) groups excluding carboxylic acids is 1. The molecule has 0 bridgehead atoms. The first kappa shape index (κ1) is 18.3. The number of nitrogens with one attached hydrogen (secondary N) is 2. The van der Waals surface area contributed by atoms with Crippen LogP contribution in [0.1, 0.15) is 38.2 Å². The summed E-state index contributed by atoms with van der Waals surface area (Å²) in [6.07, 6.45) is 2.40. The van der Waals surface area contributed by atoms with E-state index in [1.54, 1.807) is 0 Å². The third kappa shape index (κ3) is 3.56. The number of hydrogen-bond acceptors (Lipinski definition) is 2. The highest BCUT2D eigenvalue weighted by Gasteiger charge is 2.24. The number of benzene rings is 2. The monoisotopic (exact) mass is 383 g/mol. The quantitative estimate of drug-likeness (QED) is 0.672. The number of aromatic amines is 1. The highest BCUT2D eigenvalue weighted by Crippen LogP contribution is 2.30. The van der Waals surface area contributed by atoms with Gasteiger partial charge < -0.3 is 10.3 Å². The number of rotatable bonds is 5. The van der Waals surface area contributed by atoms with Gasteiger partial charge in [-0.25, -0.2) is 0 Å². The molecule has 0 aliphatic carbocycles. The number of likely N-dealkylation sites (N-methyl/N-ethyl adjacent to an activating group) is 1. The summed E-state index contributed by atoms with van der Waals surface area (Å²) in [7, 11) is 0. The zero-order valence-corrected chi connectivity index (χ0v) is 16.6. The lowest BCUT2D eigenvalue weighted by Crippen LogP contribution is -2.41. The smallest absolute Gasteiger partial charge is 0.227 e. The summed E-state index contributed by atoms with van der Waals surface area (Å²) in [5, 5.41) is 6.14. The van der Waals surface area contributed by atoms with Crippen molar-refractivity contribution < 1.29 is 4.79 Å². The number of halogens is 1. The lowest BCUT2D eigenvalue weighted by atomic mass is 9.98. The maximum atomic E-state index is 12.7. The van der Waals surface area contributed by atoms with E-state index in [9.17, 15) is 4.79 Å². The molecule has 3 aromatic rings. The minimum atomic E-state index is -0.180. The van der Waals surface area contributed by atoms with Crippen molar-refractivity contribution in [1.82, 2.24) is 15.2 Å². The fourth-order valence-corrected chi connectivity index (χ4v) is 4.40. The van der Waals surface area contributed by atoms with E-state index in [-0.39, 0.29) is 11.8 Å². The Kier molecular flexibility index (Phi) is 5.11. The molecule has 0 radical (unpaired) electrons. The molecule has 0 spiro atoms. The summed E-state index contributed by atoms with van der Waals surface area (Å²) in [6.45, 7) is 7.10. The molecule has 5 heteroatoms. The van der Waals surface area contributed by atoms with Crippen LogP contribution in [-0.4, -0.2) is 41.5 Å². The second kappa shape index (κ2) is 7.53. The molecule has 0 unspecified atom stereocenters. The van der Waals surface area contributed by atoms with Crippen molar-refractivity contribution in [2.75, 3.05) is 19.6 Å². The Morgan fingerprint density at radius 1 is 1.26 bits per heavy atom. The van der Waals surface area contributed by atoms with Crippen LogP contribution in [-0.2, 0) is 4.79 Å². The molecule has 1 fully saturated rings. The van der Waals surface area contributed by atoms with Crippen molar-refractivity contribution in [2.24, 2.45) is 0 Å². The number of hydrogen-bond donors (Lipinski definition) is 2. The highest BCUT2D eigenvalue weighted by atomic mass is 35.5. The van der Waals surface area contributed by atoms with Crippen molar-refractivity contribution in [1.29, 1.82) is 0 Å². The van der Waals surface area contributed by atoms with Gasteiger partial charge in [-0.2, -0.15) is 0 Å². The van der Waals surface area contributed by atoms with E-state index in [1.807, 2.05) is 25.1 Å². The highest BCUT2D eigenvalue weighted by molar-refractivity contribution is 6.31. The minimum Gasteiger partial charge on any atom is -0.355 e. The van der Waals surface area contributed by atoms with E-state index in [2.05, 4.69) is 40.3 Å². The molecular weight excluding hydrogens is 358 g/mol. The van der Waals surface area contributed by atoms with Gasteiger partial charge >= 0.3 is 0 Å². The van der Waals surface area contributed by atoms with Gasteiger partial charge in [0.25, 0.3) is 0 Å². The van der Waals surface area contributed by atoms with E-state index >= 15 is 0 Å². The maximum absolute atomic E-state index is 12.7. The molecule has 27 heavy (non-hydrogen) atoms. The molecule has 2 heterocycles. The molecule has 2 aromatic carbocycles. The first-order valence-electron chi connectivity index (χ1n) is 9.79. The molecule has 2 N–H and O–H groups in total. The van der Waals surface area contributed by atoms with Crippen LogP contribution < -0.4 is 5.32 Å². The third-order valence-electron chi connectivity index (χ3n) is 5.90. The van der Waals surface area contributed by atoms with Gasteiger partial charge in [0.2, 0.25) is 5.91 Å². The van der Waals surface area contributed by atoms with Crippen LogP contribution in [0.3, 0.4) is 0 Å². The molecule has 142 valence electrons.